The largest absolute Gasteiger partial charge is 0.0622 e. The first kappa shape index (κ1) is 26.4. The molecule has 0 amide bonds. The molecule has 0 heteroatoms. The van der Waals surface area contributed by atoms with Gasteiger partial charge in [-0.05, 0) is 93.7 Å². The lowest BCUT2D eigenvalue weighted by molar-refractivity contribution is 1.61. The average Bonchev–Trinajstić information content (AvgIpc) is 3.14. The van der Waals surface area contributed by atoms with Crippen molar-refractivity contribution in [3.05, 3.63) is 182 Å². The smallest absolute Gasteiger partial charge is 0.00199 e. The van der Waals surface area contributed by atoms with Crippen LogP contribution in [-0.4, -0.2) is 0 Å². The van der Waals surface area contributed by atoms with Crippen LogP contribution in [0.2, 0.25) is 0 Å². The Kier molecular flexibility index (Phi) is 6.25. The van der Waals surface area contributed by atoms with Crippen molar-refractivity contribution in [1.29, 1.82) is 0 Å². The molecule has 46 heavy (non-hydrogen) atoms. The molecule has 0 aromatic heterocycles. The lowest BCUT2D eigenvalue weighted by Gasteiger charge is -2.20. The summed E-state index contributed by atoms with van der Waals surface area (Å²) in [4.78, 5) is 0. The minimum absolute atomic E-state index is 1.23. The first-order valence-electron chi connectivity index (χ1n) is 15.9. The highest BCUT2D eigenvalue weighted by molar-refractivity contribution is 6.24. The third-order valence-electron chi connectivity index (χ3n) is 9.46. The molecule has 0 aliphatic rings. The van der Waals surface area contributed by atoms with Crippen molar-refractivity contribution in [2.45, 2.75) is 0 Å². The van der Waals surface area contributed by atoms with Gasteiger partial charge in [-0.2, -0.15) is 0 Å². The molecule has 0 aliphatic carbocycles. The molecule has 214 valence electrons. The van der Waals surface area contributed by atoms with Crippen LogP contribution < -0.4 is 0 Å². The van der Waals surface area contributed by atoms with E-state index in [4.69, 9.17) is 0 Å². The fourth-order valence-corrected chi connectivity index (χ4v) is 7.33. The Morgan fingerprint density at radius 3 is 1.37 bits per heavy atom. The molecule has 9 aromatic rings. The molecule has 0 bridgehead atoms. The predicted molar refractivity (Wildman–Crippen MR) is 198 cm³/mol. The van der Waals surface area contributed by atoms with Crippen molar-refractivity contribution >= 4 is 43.1 Å². The summed E-state index contributed by atoms with van der Waals surface area (Å²) in [5.41, 5.74) is 9.99. The van der Waals surface area contributed by atoms with Gasteiger partial charge >= 0.3 is 0 Å². The first-order chi connectivity index (χ1) is 22.8. The van der Waals surface area contributed by atoms with Gasteiger partial charge in [0.25, 0.3) is 0 Å². The molecule has 0 N–H and O–H groups in total. The van der Waals surface area contributed by atoms with E-state index in [0.717, 1.165) is 0 Å². The summed E-state index contributed by atoms with van der Waals surface area (Å²) in [5.74, 6) is 0. The van der Waals surface area contributed by atoms with Gasteiger partial charge in [0.15, 0.2) is 0 Å². The second-order valence-electron chi connectivity index (χ2n) is 12.1. The van der Waals surface area contributed by atoms with E-state index < -0.39 is 0 Å². The zero-order chi connectivity index (χ0) is 30.5. The fraction of sp³-hybridized carbons (Fsp3) is 0. The Labute approximate surface area is 268 Å². The summed E-state index contributed by atoms with van der Waals surface area (Å²) < 4.78 is 0. The van der Waals surface area contributed by atoms with Crippen molar-refractivity contribution in [3.63, 3.8) is 0 Å². The molecule has 0 spiro atoms. The van der Waals surface area contributed by atoms with Crippen molar-refractivity contribution in [1.82, 2.24) is 0 Å². The molecule has 0 saturated carbocycles. The van der Waals surface area contributed by atoms with E-state index in [9.17, 15) is 0 Å². The molecule has 0 radical (unpaired) electrons. The second-order valence-corrected chi connectivity index (χ2v) is 12.1. The monoisotopic (exact) mass is 582 g/mol. The van der Waals surface area contributed by atoms with Crippen LogP contribution in [0.15, 0.2) is 182 Å². The van der Waals surface area contributed by atoms with E-state index in [1.54, 1.807) is 0 Å². The highest BCUT2D eigenvalue weighted by atomic mass is 14.2. The van der Waals surface area contributed by atoms with E-state index in [0.29, 0.717) is 0 Å². The van der Waals surface area contributed by atoms with Gasteiger partial charge in [0.05, 0.1) is 0 Å². The third kappa shape index (κ3) is 4.30. The Morgan fingerprint density at radius 1 is 0.217 bits per heavy atom. The topological polar surface area (TPSA) is 0 Å². The third-order valence-corrected chi connectivity index (χ3v) is 9.46. The van der Waals surface area contributed by atoms with E-state index in [2.05, 4.69) is 182 Å². The molecule has 0 unspecified atom stereocenters. The summed E-state index contributed by atoms with van der Waals surface area (Å²) in [6.07, 6.45) is 0. The molecule has 9 aromatic carbocycles. The van der Waals surface area contributed by atoms with Crippen LogP contribution in [-0.2, 0) is 0 Å². The van der Waals surface area contributed by atoms with Crippen LogP contribution in [0.25, 0.3) is 87.6 Å². The summed E-state index contributed by atoms with van der Waals surface area (Å²) in [6, 6.07) is 66.6. The van der Waals surface area contributed by atoms with Crippen LogP contribution in [0.3, 0.4) is 0 Å². The minimum atomic E-state index is 1.23. The molecule has 9 rings (SSSR count). The lowest BCUT2D eigenvalue weighted by atomic mass is 9.83. The molecular formula is C46H30. The zero-order valence-corrected chi connectivity index (χ0v) is 25.3. The summed E-state index contributed by atoms with van der Waals surface area (Å²) in [5, 5.41) is 10.1. The highest BCUT2D eigenvalue weighted by Crippen LogP contribution is 2.46. The van der Waals surface area contributed by atoms with Gasteiger partial charge < -0.3 is 0 Å². The van der Waals surface area contributed by atoms with E-state index in [1.807, 2.05) is 0 Å². The summed E-state index contributed by atoms with van der Waals surface area (Å²) in [7, 11) is 0. The highest BCUT2D eigenvalue weighted by Gasteiger charge is 2.19. The van der Waals surface area contributed by atoms with Crippen LogP contribution >= 0.6 is 0 Å². The number of benzene rings is 9. The fourth-order valence-electron chi connectivity index (χ4n) is 7.33. The van der Waals surface area contributed by atoms with Gasteiger partial charge in [-0.3, -0.25) is 0 Å². The molecule has 0 atom stereocenters. The van der Waals surface area contributed by atoms with Crippen LogP contribution in [0.4, 0.5) is 0 Å². The maximum Gasteiger partial charge on any atom is -0.00199 e. The van der Waals surface area contributed by atoms with Crippen LogP contribution in [0.1, 0.15) is 0 Å². The Balaban J connectivity index is 1.38. The summed E-state index contributed by atoms with van der Waals surface area (Å²) >= 11 is 0. The Bertz CT molecular complexity index is 2540. The van der Waals surface area contributed by atoms with Gasteiger partial charge in [0.1, 0.15) is 0 Å². The maximum absolute atomic E-state index is 2.43. The second kappa shape index (κ2) is 10.9. The van der Waals surface area contributed by atoms with Crippen molar-refractivity contribution in [3.8, 4) is 44.5 Å². The molecule has 0 heterocycles. The number of hydrogen-bond acceptors (Lipinski definition) is 0. The Hall–Kier alpha value is -5.98. The van der Waals surface area contributed by atoms with E-state index in [-0.39, 0.29) is 0 Å². The predicted octanol–water partition coefficient (Wildman–Crippen LogP) is 13.0. The van der Waals surface area contributed by atoms with Crippen molar-refractivity contribution < 1.29 is 0 Å². The van der Waals surface area contributed by atoms with Gasteiger partial charge in [-0.25, -0.2) is 0 Å². The zero-order valence-electron chi connectivity index (χ0n) is 25.3. The summed E-state index contributed by atoms with van der Waals surface area (Å²) in [6.45, 7) is 0. The quantitative estimate of drug-likeness (QED) is 0.181. The van der Waals surface area contributed by atoms with Crippen LogP contribution in [0, 0.1) is 0 Å². The average molecular weight is 583 g/mol. The first-order valence-corrected chi connectivity index (χ1v) is 15.9. The normalized spacial score (nSPS) is 11.5. The maximum atomic E-state index is 2.43. The minimum Gasteiger partial charge on any atom is -0.0622 e. The van der Waals surface area contributed by atoms with E-state index in [1.165, 1.54) is 87.6 Å². The van der Waals surface area contributed by atoms with Gasteiger partial charge in [0.2, 0.25) is 0 Å². The Morgan fingerprint density at radius 2 is 0.674 bits per heavy atom. The number of rotatable bonds is 4. The molecule has 0 nitrogen and oxygen atoms in total. The van der Waals surface area contributed by atoms with Crippen LogP contribution in [0.5, 0.6) is 0 Å². The molecule has 0 aliphatic heterocycles. The van der Waals surface area contributed by atoms with Gasteiger partial charge in [-0.1, -0.05) is 176 Å². The lowest BCUT2D eigenvalue weighted by Crippen LogP contribution is -1.93. The van der Waals surface area contributed by atoms with E-state index >= 15 is 0 Å². The van der Waals surface area contributed by atoms with Crippen molar-refractivity contribution in [2.75, 3.05) is 0 Å². The van der Waals surface area contributed by atoms with Crippen molar-refractivity contribution in [2.24, 2.45) is 0 Å². The molecule has 0 fully saturated rings. The van der Waals surface area contributed by atoms with Gasteiger partial charge in [-0.15, -0.1) is 0 Å². The number of hydrogen-bond donors (Lipinski definition) is 0. The standard InChI is InChI=1S/C46H30/c1-2-12-31(13-3-1)32-24-26-35(27-25-32)45-41-20-8-9-21-42(41)46(40-23-11-17-34-15-5-7-19-38(34)40)44-30-36(28-29-43(44)45)39-22-10-16-33-14-4-6-18-37(33)39/h1-30H. The molecule has 0 saturated heterocycles. The van der Waals surface area contributed by atoms with Gasteiger partial charge in [0, 0.05) is 0 Å². The number of fused-ring (bicyclic) bond motifs is 4. The SMILES string of the molecule is c1ccc(-c2ccc(-c3c4ccccc4c(-c4cccc5ccccc45)c4cc(-c5cccc6ccccc56)ccc34)cc2)cc1. The molecular weight excluding hydrogens is 553 g/mol.